The van der Waals surface area contributed by atoms with Crippen molar-refractivity contribution in [3.05, 3.63) is 23.8 Å². The molecule has 0 saturated heterocycles. The maximum atomic E-state index is 12.0. The van der Waals surface area contributed by atoms with E-state index >= 15 is 0 Å². The number of alkyl halides is 1. The van der Waals surface area contributed by atoms with Gasteiger partial charge in [0.05, 0.1) is 11.1 Å². The van der Waals surface area contributed by atoms with Gasteiger partial charge in [0.25, 0.3) is 5.91 Å². The van der Waals surface area contributed by atoms with Crippen LogP contribution in [0.1, 0.15) is 37.0 Å². The summed E-state index contributed by atoms with van der Waals surface area (Å²) in [7, 11) is 0. The van der Waals surface area contributed by atoms with Crippen molar-refractivity contribution in [3.8, 4) is 5.75 Å². The molecule has 1 atom stereocenters. The standard InChI is InChI=1S/C15H18ClNO3/c1-3-4-7-17-12-8-11(15(19)10(2)16)5-6-13(12)20-9-14(17)18/h5-6,8,10H,3-4,7,9H2,1-2H3. The van der Waals surface area contributed by atoms with Gasteiger partial charge in [0.1, 0.15) is 5.75 Å². The van der Waals surface area contributed by atoms with Gasteiger partial charge in [-0.2, -0.15) is 0 Å². The Morgan fingerprint density at radius 3 is 2.90 bits per heavy atom. The van der Waals surface area contributed by atoms with Gasteiger partial charge in [-0.05, 0) is 31.5 Å². The number of carbonyl (C=O) groups is 2. The minimum absolute atomic E-state index is 0.0515. The molecule has 0 N–H and O–H groups in total. The zero-order chi connectivity index (χ0) is 14.7. The molecule has 0 spiro atoms. The average molecular weight is 296 g/mol. The number of benzene rings is 1. The number of anilines is 1. The number of hydrogen-bond acceptors (Lipinski definition) is 3. The fourth-order valence-electron chi connectivity index (χ4n) is 2.15. The highest BCUT2D eigenvalue weighted by Gasteiger charge is 2.26. The number of carbonyl (C=O) groups excluding carboxylic acids is 2. The predicted molar refractivity (Wildman–Crippen MR) is 78.8 cm³/mol. The molecule has 0 saturated carbocycles. The predicted octanol–water partition coefficient (Wildman–Crippen LogP) is 3.02. The van der Waals surface area contributed by atoms with Crippen LogP contribution >= 0.6 is 11.6 Å². The van der Waals surface area contributed by atoms with E-state index in [2.05, 4.69) is 6.92 Å². The van der Waals surface area contributed by atoms with Crippen LogP contribution in [0, 0.1) is 0 Å². The molecule has 0 aliphatic carbocycles. The Morgan fingerprint density at radius 2 is 2.25 bits per heavy atom. The van der Waals surface area contributed by atoms with Gasteiger partial charge in [0, 0.05) is 12.1 Å². The van der Waals surface area contributed by atoms with E-state index in [4.69, 9.17) is 16.3 Å². The lowest BCUT2D eigenvalue weighted by Crippen LogP contribution is -2.39. The number of Topliss-reactive ketones (excluding diaryl/α,β-unsaturated/α-hetero) is 1. The largest absolute Gasteiger partial charge is 0.482 e. The smallest absolute Gasteiger partial charge is 0.265 e. The lowest BCUT2D eigenvalue weighted by molar-refractivity contribution is -0.121. The van der Waals surface area contributed by atoms with Gasteiger partial charge in [-0.3, -0.25) is 9.59 Å². The minimum atomic E-state index is -0.586. The van der Waals surface area contributed by atoms with Gasteiger partial charge in [0.2, 0.25) is 0 Å². The van der Waals surface area contributed by atoms with Gasteiger partial charge >= 0.3 is 0 Å². The SMILES string of the molecule is CCCCN1C(=O)COc2ccc(C(=O)C(C)Cl)cc21. The van der Waals surface area contributed by atoms with E-state index in [1.54, 1.807) is 30.0 Å². The second-order valence-electron chi connectivity index (χ2n) is 4.85. The Morgan fingerprint density at radius 1 is 1.50 bits per heavy atom. The molecule has 108 valence electrons. The van der Waals surface area contributed by atoms with E-state index < -0.39 is 5.38 Å². The third-order valence-electron chi connectivity index (χ3n) is 3.28. The van der Waals surface area contributed by atoms with Crippen LogP contribution in [0.5, 0.6) is 5.75 Å². The molecule has 0 aromatic heterocycles. The average Bonchev–Trinajstić information content (AvgIpc) is 2.44. The maximum Gasteiger partial charge on any atom is 0.265 e. The Hall–Kier alpha value is -1.55. The highest BCUT2D eigenvalue weighted by Crippen LogP contribution is 2.33. The highest BCUT2D eigenvalue weighted by atomic mass is 35.5. The Balaban J connectivity index is 2.35. The highest BCUT2D eigenvalue weighted by molar-refractivity contribution is 6.33. The summed E-state index contributed by atoms with van der Waals surface area (Å²) in [4.78, 5) is 25.6. The Kier molecular flexibility index (Phi) is 4.65. The minimum Gasteiger partial charge on any atom is -0.482 e. The number of ketones is 1. The summed E-state index contributed by atoms with van der Waals surface area (Å²) in [6, 6.07) is 5.12. The normalized spacial score (nSPS) is 15.6. The van der Waals surface area contributed by atoms with Crippen LogP contribution in [0.2, 0.25) is 0 Å². The Bertz CT molecular complexity index is 528. The van der Waals surface area contributed by atoms with E-state index in [-0.39, 0.29) is 18.3 Å². The number of halogens is 1. The lowest BCUT2D eigenvalue weighted by Gasteiger charge is -2.29. The summed E-state index contributed by atoms with van der Waals surface area (Å²) < 4.78 is 5.41. The molecular formula is C15H18ClNO3. The van der Waals surface area contributed by atoms with Crippen molar-refractivity contribution in [2.75, 3.05) is 18.1 Å². The number of unbranched alkanes of at least 4 members (excludes halogenated alkanes) is 1. The number of fused-ring (bicyclic) bond motifs is 1. The van der Waals surface area contributed by atoms with Gasteiger partial charge < -0.3 is 9.64 Å². The first-order chi connectivity index (χ1) is 9.54. The van der Waals surface area contributed by atoms with Crippen LogP contribution in [0.25, 0.3) is 0 Å². The molecule has 5 heteroatoms. The van der Waals surface area contributed by atoms with Crippen molar-refractivity contribution in [2.45, 2.75) is 32.1 Å². The van der Waals surface area contributed by atoms with Gasteiger partial charge in [-0.25, -0.2) is 0 Å². The van der Waals surface area contributed by atoms with E-state index in [0.29, 0.717) is 23.5 Å². The quantitative estimate of drug-likeness (QED) is 0.619. The molecule has 1 aromatic rings. The molecule has 1 amide bonds. The van der Waals surface area contributed by atoms with Crippen LogP contribution in [0.3, 0.4) is 0 Å². The first-order valence-electron chi connectivity index (χ1n) is 6.80. The molecule has 1 aliphatic heterocycles. The van der Waals surface area contributed by atoms with Crippen molar-refractivity contribution >= 4 is 29.0 Å². The molecule has 1 aromatic carbocycles. The molecular weight excluding hydrogens is 278 g/mol. The second-order valence-corrected chi connectivity index (χ2v) is 5.51. The third-order valence-corrected chi connectivity index (χ3v) is 3.48. The van der Waals surface area contributed by atoms with Crippen molar-refractivity contribution in [1.82, 2.24) is 0 Å². The molecule has 1 unspecified atom stereocenters. The maximum absolute atomic E-state index is 12.0. The van der Waals surface area contributed by atoms with Crippen molar-refractivity contribution in [3.63, 3.8) is 0 Å². The van der Waals surface area contributed by atoms with Crippen molar-refractivity contribution in [2.24, 2.45) is 0 Å². The van der Waals surface area contributed by atoms with Crippen molar-refractivity contribution < 1.29 is 14.3 Å². The molecule has 0 radical (unpaired) electrons. The number of hydrogen-bond donors (Lipinski definition) is 0. The zero-order valence-electron chi connectivity index (χ0n) is 11.7. The molecule has 20 heavy (non-hydrogen) atoms. The molecule has 4 nitrogen and oxygen atoms in total. The number of ether oxygens (including phenoxy) is 1. The summed E-state index contributed by atoms with van der Waals surface area (Å²) >= 11 is 5.83. The Labute approximate surface area is 123 Å². The molecule has 2 rings (SSSR count). The van der Waals surface area contributed by atoms with Crippen molar-refractivity contribution in [1.29, 1.82) is 0 Å². The number of nitrogens with zero attached hydrogens (tertiary/aromatic N) is 1. The molecule has 1 heterocycles. The summed E-state index contributed by atoms with van der Waals surface area (Å²) in [5.74, 6) is 0.414. The van der Waals surface area contributed by atoms with Gasteiger partial charge in [-0.1, -0.05) is 13.3 Å². The van der Waals surface area contributed by atoms with Crippen LogP contribution in [0.4, 0.5) is 5.69 Å². The molecule has 1 aliphatic rings. The topological polar surface area (TPSA) is 46.6 Å². The molecule has 0 fully saturated rings. The third kappa shape index (κ3) is 2.96. The van der Waals surface area contributed by atoms with Crippen LogP contribution in [-0.2, 0) is 4.79 Å². The summed E-state index contributed by atoms with van der Waals surface area (Å²) in [6.45, 7) is 4.40. The lowest BCUT2D eigenvalue weighted by atomic mass is 10.1. The monoisotopic (exact) mass is 295 g/mol. The van der Waals surface area contributed by atoms with E-state index in [1.807, 2.05) is 0 Å². The van der Waals surface area contributed by atoms with E-state index in [9.17, 15) is 9.59 Å². The fraction of sp³-hybridized carbons (Fsp3) is 0.467. The van der Waals surface area contributed by atoms with Gasteiger partial charge in [0.15, 0.2) is 12.4 Å². The van der Waals surface area contributed by atoms with Crippen LogP contribution in [0.15, 0.2) is 18.2 Å². The van der Waals surface area contributed by atoms with Crippen LogP contribution < -0.4 is 9.64 Å². The second kappa shape index (κ2) is 6.27. The zero-order valence-corrected chi connectivity index (χ0v) is 12.4. The van der Waals surface area contributed by atoms with Gasteiger partial charge in [-0.15, -0.1) is 11.6 Å². The fourth-order valence-corrected chi connectivity index (χ4v) is 2.27. The summed E-state index contributed by atoms with van der Waals surface area (Å²) in [6.07, 6.45) is 1.91. The first-order valence-corrected chi connectivity index (χ1v) is 7.23. The summed E-state index contributed by atoms with van der Waals surface area (Å²) in [5.41, 5.74) is 1.17. The van der Waals surface area contributed by atoms with E-state index in [0.717, 1.165) is 12.8 Å². The molecule has 0 bridgehead atoms. The van der Waals surface area contributed by atoms with Crippen LogP contribution in [-0.4, -0.2) is 30.2 Å². The summed E-state index contributed by atoms with van der Waals surface area (Å²) in [5, 5.41) is -0.586. The number of rotatable bonds is 5. The first kappa shape index (κ1) is 14.9. The number of amides is 1. The van der Waals surface area contributed by atoms with E-state index in [1.165, 1.54) is 0 Å².